The number of aliphatic imine (C=N–C) groups is 1. The lowest BCUT2D eigenvalue weighted by molar-refractivity contribution is -0.141. The Morgan fingerprint density at radius 1 is 1.21 bits per heavy atom. The average Bonchev–Trinajstić information content (AvgIpc) is 2.38. The van der Waals surface area contributed by atoms with Crippen LogP contribution in [0, 0.1) is 0 Å². The first-order valence-electron chi connectivity index (χ1n) is 7.81. The summed E-state index contributed by atoms with van der Waals surface area (Å²) in [5, 5.41) is 14.3. The van der Waals surface area contributed by atoms with E-state index in [1.165, 1.54) is 6.92 Å². The van der Waals surface area contributed by atoms with Gasteiger partial charge >= 0.3 is 0 Å². The summed E-state index contributed by atoms with van der Waals surface area (Å²) < 4.78 is 0. The second kappa shape index (κ2) is 9.86. The van der Waals surface area contributed by atoms with Crippen LogP contribution in [-0.4, -0.2) is 52.9 Å². The van der Waals surface area contributed by atoms with Gasteiger partial charge in [-0.15, -0.1) is 0 Å². The van der Waals surface area contributed by atoms with Crippen LogP contribution >= 0.6 is 0 Å². The third kappa shape index (κ3) is 10.5. The summed E-state index contributed by atoms with van der Waals surface area (Å²) in [6.45, 7) is 6.98. The standard InChI is InChI=1S/C15H29N5O4/c1-9(21)8-11(22)19-10(6-5-7-18-14(16)17)12(23)13(24)20-15(2,3)4/h9-10,21H,5-8H2,1-4H3,(H,19,22)(H,20,24)(H4,16,17,18)/t9-,10+/m1/s1. The van der Waals surface area contributed by atoms with Crippen LogP contribution in [0.1, 0.15) is 47.0 Å². The summed E-state index contributed by atoms with van der Waals surface area (Å²) in [6.07, 6.45) is -0.380. The molecule has 0 saturated heterocycles. The van der Waals surface area contributed by atoms with Crippen molar-refractivity contribution in [2.24, 2.45) is 16.5 Å². The van der Waals surface area contributed by atoms with Crippen LogP contribution in [-0.2, 0) is 14.4 Å². The molecule has 7 N–H and O–H groups in total. The number of aliphatic hydroxyl groups excluding tert-OH is 1. The smallest absolute Gasteiger partial charge is 0.290 e. The molecule has 0 rings (SSSR count). The van der Waals surface area contributed by atoms with E-state index in [-0.39, 0.29) is 25.3 Å². The Morgan fingerprint density at radius 2 is 1.79 bits per heavy atom. The second-order valence-corrected chi connectivity index (χ2v) is 6.69. The van der Waals surface area contributed by atoms with Gasteiger partial charge in [-0.3, -0.25) is 19.4 Å². The number of rotatable bonds is 9. The van der Waals surface area contributed by atoms with Gasteiger partial charge in [0.1, 0.15) is 0 Å². The number of nitrogens with zero attached hydrogens (tertiary/aromatic N) is 1. The molecule has 0 aromatic heterocycles. The molecule has 0 radical (unpaired) electrons. The van der Waals surface area contributed by atoms with Gasteiger partial charge in [0.25, 0.3) is 5.91 Å². The van der Waals surface area contributed by atoms with E-state index >= 15 is 0 Å². The molecule has 0 aliphatic carbocycles. The topological polar surface area (TPSA) is 160 Å². The molecule has 0 fully saturated rings. The lowest BCUT2D eigenvalue weighted by Crippen LogP contribution is -2.52. The first kappa shape index (κ1) is 21.8. The van der Waals surface area contributed by atoms with Crippen molar-refractivity contribution in [1.29, 1.82) is 0 Å². The van der Waals surface area contributed by atoms with Crippen LogP contribution in [0.2, 0.25) is 0 Å². The lowest BCUT2D eigenvalue weighted by atomic mass is 10.0. The normalized spacial score (nSPS) is 13.5. The van der Waals surface area contributed by atoms with E-state index in [0.29, 0.717) is 6.42 Å². The highest BCUT2D eigenvalue weighted by Gasteiger charge is 2.29. The number of aliphatic hydroxyl groups is 1. The molecule has 0 spiro atoms. The number of carbonyl (C=O) groups excluding carboxylic acids is 3. The van der Waals surface area contributed by atoms with Gasteiger partial charge in [-0.1, -0.05) is 0 Å². The summed E-state index contributed by atoms with van der Waals surface area (Å²) in [6, 6.07) is -0.993. The molecule has 0 heterocycles. The van der Waals surface area contributed by atoms with Crippen LogP contribution in [0.3, 0.4) is 0 Å². The predicted octanol–water partition coefficient (Wildman–Crippen LogP) is -1.22. The molecule has 138 valence electrons. The Balaban J connectivity index is 4.88. The summed E-state index contributed by atoms with van der Waals surface area (Å²) in [4.78, 5) is 39.9. The second-order valence-electron chi connectivity index (χ2n) is 6.69. The molecule has 0 aromatic rings. The molecule has 0 aliphatic rings. The number of nitrogens with one attached hydrogen (secondary N) is 2. The van der Waals surface area contributed by atoms with E-state index in [1.807, 2.05) is 0 Å². The summed E-state index contributed by atoms with van der Waals surface area (Å²) in [7, 11) is 0. The van der Waals surface area contributed by atoms with E-state index in [4.69, 9.17) is 11.5 Å². The molecule has 0 aromatic carbocycles. The molecule has 0 bridgehead atoms. The minimum absolute atomic E-state index is 0.0681. The molecule has 0 unspecified atom stereocenters. The quantitative estimate of drug-likeness (QED) is 0.153. The van der Waals surface area contributed by atoms with Crippen molar-refractivity contribution >= 4 is 23.6 Å². The molecule has 9 nitrogen and oxygen atoms in total. The monoisotopic (exact) mass is 343 g/mol. The van der Waals surface area contributed by atoms with Gasteiger partial charge in [-0.05, 0) is 40.5 Å². The molecular weight excluding hydrogens is 314 g/mol. The molecule has 0 saturated carbocycles. The minimum atomic E-state index is -0.993. The highest BCUT2D eigenvalue weighted by Crippen LogP contribution is 2.04. The van der Waals surface area contributed by atoms with Gasteiger partial charge in [0.05, 0.1) is 18.6 Å². The predicted molar refractivity (Wildman–Crippen MR) is 91.0 cm³/mol. The van der Waals surface area contributed by atoms with Crippen LogP contribution < -0.4 is 22.1 Å². The summed E-state index contributed by atoms with van der Waals surface area (Å²) in [5.74, 6) is -2.09. The molecule has 9 heteroatoms. The maximum atomic E-state index is 12.3. The van der Waals surface area contributed by atoms with Crippen molar-refractivity contribution in [1.82, 2.24) is 10.6 Å². The maximum Gasteiger partial charge on any atom is 0.290 e. The first-order valence-corrected chi connectivity index (χ1v) is 7.81. The average molecular weight is 343 g/mol. The number of guanidine groups is 1. The van der Waals surface area contributed by atoms with Crippen LogP contribution in [0.4, 0.5) is 0 Å². The zero-order valence-corrected chi connectivity index (χ0v) is 14.8. The number of nitrogens with two attached hydrogens (primary N) is 2. The Morgan fingerprint density at radius 3 is 2.25 bits per heavy atom. The number of amides is 2. The van der Waals surface area contributed by atoms with Crippen molar-refractivity contribution in [2.75, 3.05) is 6.54 Å². The molecule has 0 aliphatic heterocycles. The molecule has 24 heavy (non-hydrogen) atoms. The highest BCUT2D eigenvalue weighted by molar-refractivity contribution is 6.38. The number of hydrogen-bond donors (Lipinski definition) is 5. The van der Waals surface area contributed by atoms with Crippen molar-refractivity contribution in [3.05, 3.63) is 0 Å². The van der Waals surface area contributed by atoms with E-state index in [9.17, 15) is 19.5 Å². The first-order chi connectivity index (χ1) is 10.9. The Bertz CT molecular complexity index is 479. The highest BCUT2D eigenvalue weighted by atomic mass is 16.3. The Labute approximate surface area is 142 Å². The lowest BCUT2D eigenvalue weighted by Gasteiger charge is -2.23. The fraction of sp³-hybridized carbons (Fsp3) is 0.733. The van der Waals surface area contributed by atoms with Crippen molar-refractivity contribution in [3.63, 3.8) is 0 Å². The van der Waals surface area contributed by atoms with Gasteiger partial charge in [0, 0.05) is 12.1 Å². The zero-order valence-electron chi connectivity index (χ0n) is 14.8. The van der Waals surface area contributed by atoms with Gasteiger partial charge in [0.15, 0.2) is 5.96 Å². The van der Waals surface area contributed by atoms with Gasteiger partial charge in [-0.2, -0.15) is 0 Å². The zero-order chi connectivity index (χ0) is 18.9. The third-order valence-electron chi connectivity index (χ3n) is 2.79. The molecule has 2 atom stereocenters. The van der Waals surface area contributed by atoms with Gasteiger partial charge in [-0.25, -0.2) is 0 Å². The minimum Gasteiger partial charge on any atom is -0.393 e. The van der Waals surface area contributed by atoms with Crippen molar-refractivity contribution in [3.8, 4) is 0 Å². The van der Waals surface area contributed by atoms with Crippen LogP contribution in [0.15, 0.2) is 4.99 Å². The van der Waals surface area contributed by atoms with Gasteiger partial charge in [0.2, 0.25) is 11.7 Å². The largest absolute Gasteiger partial charge is 0.393 e. The Hall–Kier alpha value is -2.16. The van der Waals surface area contributed by atoms with Crippen LogP contribution in [0.5, 0.6) is 0 Å². The summed E-state index contributed by atoms with van der Waals surface area (Å²) >= 11 is 0. The third-order valence-corrected chi connectivity index (χ3v) is 2.79. The van der Waals surface area contributed by atoms with E-state index in [0.717, 1.165) is 0 Å². The van der Waals surface area contributed by atoms with Crippen molar-refractivity contribution in [2.45, 2.75) is 64.6 Å². The number of carbonyl (C=O) groups is 3. The summed E-state index contributed by atoms with van der Waals surface area (Å²) in [5.41, 5.74) is 9.87. The number of Topliss-reactive ketones (excluding diaryl/α,β-unsaturated/α-hetero) is 1. The van der Waals surface area contributed by atoms with Crippen LogP contribution in [0.25, 0.3) is 0 Å². The van der Waals surface area contributed by atoms with E-state index in [2.05, 4.69) is 15.6 Å². The number of hydrogen-bond acceptors (Lipinski definition) is 5. The molecule has 2 amide bonds. The molecular formula is C15H29N5O4. The SMILES string of the molecule is C[C@@H](O)CC(=O)N[C@@H](CCCN=C(N)N)C(=O)C(=O)NC(C)(C)C. The van der Waals surface area contributed by atoms with E-state index in [1.54, 1.807) is 20.8 Å². The van der Waals surface area contributed by atoms with Gasteiger partial charge < -0.3 is 27.2 Å². The fourth-order valence-electron chi connectivity index (χ4n) is 1.85. The Kier molecular flexibility index (Phi) is 8.97. The fourth-order valence-corrected chi connectivity index (χ4v) is 1.85. The number of ketones is 1. The maximum absolute atomic E-state index is 12.3. The van der Waals surface area contributed by atoms with E-state index < -0.39 is 35.3 Å². The van der Waals surface area contributed by atoms with Crippen molar-refractivity contribution < 1.29 is 19.5 Å².